The number of aromatic nitrogens is 1. The van der Waals surface area contributed by atoms with Crippen LogP contribution in [0.5, 0.6) is 0 Å². The molecule has 0 aliphatic heterocycles. The second kappa shape index (κ2) is 2.43. The summed E-state index contributed by atoms with van der Waals surface area (Å²) >= 11 is 0. The van der Waals surface area contributed by atoms with Crippen LogP contribution >= 0.6 is 0 Å². The number of hydrogen-bond acceptors (Lipinski definition) is 1. The Balaban J connectivity index is 2.83. The summed E-state index contributed by atoms with van der Waals surface area (Å²) < 4.78 is 0. The Hall–Kier alpha value is -0.890. The zero-order valence-corrected chi connectivity index (χ0v) is 4.67. The summed E-state index contributed by atoms with van der Waals surface area (Å²) in [6, 6.07) is 3.93. The third kappa shape index (κ3) is 1.04. The van der Waals surface area contributed by atoms with Gasteiger partial charge in [-0.1, -0.05) is 0 Å². The van der Waals surface area contributed by atoms with Crippen molar-refractivity contribution < 1.29 is 5.73 Å². The standard InChI is InChI=1S/C6H8N2/c7-5-6-1-3-8-4-2-6/h1-4H,5,7H2/p+1. The average Bonchev–Trinajstić information content (AvgIpc) is 1.90. The monoisotopic (exact) mass is 109 g/mol. The lowest BCUT2D eigenvalue weighted by molar-refractivity contribution is -0.386. The minimum Gasteiger partial charge on any atom is -0.354 e. The first-order valence-electron chi connectivity index (χ1n) is 2.61. The van der Waals surface area contributed by atoms with Crippen molar-refractivity contribution in [2.24, 2.45) is 0 Å². The molecular weight excluding hydrogens is 100 g/mol. The molecule has 0 aromatic carbocycles. The van der Waals surface area contributed by atoms with E-state index in [0.717, 1.165) is 6.54 Å². The fourth-order valence-corrected chi connectivity index (χ4v) is 0.549. The van der Waals surface area contributed by atoms with Crippen LogP contribution in [0.25, 0.3) is 0 Å². The van der Waals surface area contributed by atoms with Crippen molar-refractivity contribution >= 4 is 0 Å². The first-order chi connectivity index (χ1) is 3.93. The van der Waals surface area contributed by atoms with Crippen molar-refractivity contribution in [1.82, 2.24) is 4.98 Å². The highest BCUT2D eigenvalue weighted by Crippen LogP contribution is 1.90. The molecule has 1 aromatic rings. The minimum atomic E-state index is 0.850. The van der Waals surface area contributed by atoms with Gasteiger partial charge in [0.1, 0.15) is 0 Å². The van der Waals surface area contributed by atoms with E-state index >= 15 is 0 Å². The summed E-state index contributed by atoms with van der Waals surface area (Å²) in [7, 11) is 0. The van der Waals surface area contributed by atoms with Crippen LogP contribution in [0.2, 0.25) is 0 Å². The van der Waals surface area contributed by atoms with Gasteiger partial charge in [-0.05, 0) is 12.1 Å². The van der Waals surface area contributed by atoms with E-state index in [4.69, 9.17) is 0 Å². The molecule has 0 saturated carbocycles. The van der Waals surface area contributed by atoms with E-state index in [1.807, 2.05) is 12.1 Å². The van der Waals surface area contributed by atoms with Gasteiger partial charge in [0.05, 0.1) is 6.54 Å². The lowest BCUT2D eigenvalue weighted by Crippen LogP contribution is -2.47. The van der Waals surface area contributed by atoms with Crippen molar-refractivity contribution in [3.63, 3.8) is 0 Å². The topological polar surface area (TPSA) is 40.5 Å². The lowest BCUT2D eigenvalue weighted by Gasteiger charge is -1.87. The van der Waals surface area contributed by atoms with Gasteiger partial charge < -0.3 is 5.73 Å². The maximum absolute atomic E-state index is 3.87. The van der Waals surface area contributed by atoms with Gasteiger partial charge in [0.25, 0.3) is 0 Å². The summed E-state index contributed by atoms with van der Waals surface area (Å²) in [6.45, 7) is 0.850. The number of rotatable bonds is 1. The minimum absolute atomic E-state index is 0.850. The molecule has 0 atom stereocenters. The second-order valence-corrected chi connectivity index (χ2v) is 1.61. The van der Waals surface area contributed by atoms with Crippen molar-refractivity contribution in [2.75, 3.05) is 0 Å². The number of quaternary nitrogens is 1. The third-order valence-corrected chi connectivity index (χ3v) is 1.04. The van der Waals surface area contributed by atoms with E-state index in [0.29, 0.717) is 0 Å². The van der Waals surface area contributed by atoms with Crippen molar-refractivity contribution in [2.45, 2.75) is 6.54 Å². The Labute approximate surface area is 48.4 Å². The Morgan fingerprint density at radius 2 is 2.00 bits per heavy atom. The van der Waals surface area contributed by atoms with E-state index in [2.05, 4.69) is 10.7 Å². The van der Waals surface area contributed by atoms with Crippen molar-refractivity contribution in [3.05, 3.63) is 30.1 Å². The van der Waals surface area contributed by atoms with Gasteiger partial charge in [0, 0.05) is 18.0 Å². The molecule has 0 unspecified atom stereocenters. The third-order valence-electron chi connectivity index (χ3n) is 1.04. The molecule has 2 nitrogen and oxygen atoms in total. The highest BCUT2D eigenvalue weighted by Gasteiger charge is 1.83. The lowest BCUT2D eigenvalue weighted by atomic mass is 10.3. The normalized spacial score (nSPS) is 9.12. The number of nitrogens with zero attached hydrogens (tertiary/aromatic N) is 1. The van der Waals surface area contributed by atoms with Crippen LogP contribution in [0, 0.1) is 0 Å². The quantitative estimate of drug-likeness (QED) is 0.534. The molecule has 1 aromatic heterocycles. The number of pyridine rings is 1. The van der Waals surface area contributed by atoms with E-state index in [9.17, 15) is 0 Å². The van der Waals surface area contributed by atoms with Crippen LogP contribution < -0.4 is 5.73 Å². The van der Waals surface area contributed by atoms with Gasteiger partial charge in [-0.3, -0.25) is 4.98 Å². The van der Waals surface area contributed by atoms with Crippen LogP contribution in [0.4, 0.5) is 0 Å². The molecule has 0 aliphatic carbocycles. The van der Waals surface area contributed by atoms with Crippen molar-refractivity contribution in [1.29, 1.82) is 0 Å². The fourth-order valence-electron chi connectivity index (χ4n) is 0.549. The molecule has 0 fully saturated rings. The van der Waals surface area contributed by atoms with Gasteiger partial charge >= 0.3 is 0 Å². The summed E-state index contributed by atoms with van der Waals surface area (Å²) in [5.74, 6) is 0. The Morgan fingerprint density at radius 1 is 1.38 bits per heavy atom. The van der Waals surface area contributed by atoms with Crippen LogP contribution in [0.1, 0.15) is 5.56 Å². The first kappa shape index (κ1) is 5.25. The molecule has 0 bridgehead atoms. The zero-order chi connectivity index (χ0) is 5.82. The van der Waals surface area contributed by atoms with E-state index in [1.54, 1.807) is 12.4 Å². The molecule has 0 saturated heterocycles. The van der Waals surface area contributed by atoms with E-state index in [-0.39, 0.29) is 0 Å². The van der Waals surface area contributed by atoms with Gasteiger partial charge in [-0.15, -0.1) is 0 Å². The van der Waals surface area contributed by atoms with Crippen LogP contribution in [0.15, 0.2) is 24.5 Å². The first-order valence-corrected chi connectivity index (χ1v) is 2.61. The van der Waals surface area contributed by atoms with Crippen LogP contribution in [-0.4, -0.2) is 4.98 Å². The summed E-state index contributed by atoms with van der Waals surface area (Å²) in [5.41, 5.74) is 4.96. The zero-order valence-electron chi connectivity index (χ0n) is 4.67. The Bertz CT molecular complexity index is 148. The summed E-state index contributed by atoms with van der Waals surface area (Å²) in [6.07, 6.45) is 3.56. The molecule has 0 radical (unpaired) electrons. The summed E-state index contributed by atoms with van der Waals surface area (Å²) in [4.78, 5) is 3.87. The molecule has 0 aliphatic rings. The molecule has 2 heteroatoms. The van der Waals surface area contributed by atoms with Gasteiger partial charge in [0.2, 0.25) is 0 Å². The smallest absolute Gasteiger partial charge is 0.0998 e. The SMILES string of the molecule is [NH3+]Cc1ccncc1. The molecule has 3 N–H and O–H groups in total. The highest BCUT2D eigenvalue weighted by atomic mass is 14.6. The molecule has 42 valence electrons. The number of hydrogen-bond donors (Lipinski definition) is 1. The highest BCUT2D eigenvalue weighted by molar-refractivity contribution is 5.07. The summed E-state index contributed by atoms with van der Waals surface area (Å²) in [5, 5.41) is 0. The Morgan fingerprint density at radius 3 is 2.38 bits per heavy atom. The van der Waals surface area contributed by atoms with E-state index in [1.165, 1.54) is 5.56 Å². The average molecular weight is 109 g/mol. The molecule has 0 spiro atoms. The molecule has 1 heterocycles. The second-order valence-electron chi connectivity index (χ2n) is 1.61. The van der Waals surface area contributed by atoms with Gasteiger partial charge in [-0.25, -0.2) is 0 Å². The van der Waals surface area contributed by atoms with Gasteiger partial charge in [-0.2, -0.15) is 0 Å². The molecule has 8 heavy (non-hydrogen) atoms. The maximum atomic E-state index is 3.87. The molecule has 0 amide bonds. The van der Waals surface area contributed by atoms with Crippen LogP contribution in [0.3, 0.4) is 0 Å². The predicted octanol–water partition coefficient (Wildman–Crippen LogP) is -0.177. The largest absolute Gasteiger partial charge is 0.354 e. The molecule has 1 rings (SSSR count). The Kier molecular flexibility index (Phi) is 1.59. The maximum Gasteiger partial charge on any atom is 0.0998 e. The van der Waals surface area contributed by atoms with Crippen molar-refractivity contribution in [3.8, 4) is 0 Å². The van der Waals surface area contributed by atoms with E-state index < -0.39 is 0 Å². The van der Waals surface area contributed by atoms with Gasteiger partial charge in [0.15, 0.2) is 0 Å². The molecular formula is C6H9N2+. The fraction of sp³-hybridized carbons (Fsp3) is 0.167. The predicted molar refractivity (Wildman–Crippen MR) is 30.8 cm³/mol. The van der Waals surface area contributed by atoms with Crippen LogP contribution in [-0.2, 0) is 6.54 Å².